The van der Waals surface area contributed by atoms with E-state index in [2.05, 4.69) is 24.3 Å². The van der Waals surface area contributed by atoms with Crippen molar-refractivity contribution in [3.05, 3.63) is 35.0 Å². The summed E-state index contributed by atoms with van der Waals surface area (Å²) in [6.07, 6.45) is 6.69. The molecule has 1 aliphatic rings. The van der Waals surface area contributed by atoms with Crippen LogP contribution >= 0.6 is 0 Å². The smallest absolute Gasteiger partial charge is 0.291 e. The largest absolute Gasteiger partial charge is 0.351 e. The number of aromatic nitrogens is 3. The summed E-state index contributed by atoms with van der Waals surface area (Å²) < 4.78 is 2.88. The van der Waals surface area contributed by atoms with Gasteiger partial charge in [0, 0.05) is 12.2 Å². The van der Waals surface area contributed by atoms with Crippen molar-refractivity contribution in [2.75, 3.05) is 0 Å². The quantitative estimate of drug-likeness (QED) is 0.932. The van der Waals surface area contributed by atoms with Crippen LogP contribution in [0.2, 0.25) is 0 Å². The van der Waals surface area contributed by atoms with Crippen LogP contribution in [0.25, 0.3) is 5.52 Å². The van der Waals surface area contributed by atoms with Crippen molar-refractivity contribution < 1.29 is 4.79 Å². The number of nitrogens with zero attached hydrogens (tertiary/aromatic N) is 3. The Hall–Kier alpha value is -2.11. The summed E-state index contributed by atoms with van der Waals surface area (Å²) in [6.45, 7) is 4.39. The van der Waals surface area contributed by atoms with Crippen LogP contribution < -0.4 is 10.9 Å². The van der Waals surface area contributed by atoms with E-state index in [-0.39, 0.29) is 24.1 Å². The van der Waals surface area contributed by atoms with Crippen LogP contribution in [0.1, 0.15) is 33.1 Å². The third-order valence-corrected chi connectivity index (χ3v) is 4.89. The maximum Gasteiger partial charge on any atom is 0.291 e. The maximum atomic E-state index is 12.2. The predicted molar refractivity (Wildman–Crippen MR) is 83.6 cm³/mol. The molecule has 0 spiro atoms. The molecule has 6 heteroatoms. The SMILES string of the molecule is C[C@H]1[C@H](C)CCC[C@H]1NC(=O)Cn1ncn2cccc2c1=O. The van der Waals surface area contributed by atoms with Crippen molar-refractivity contribution >= 4 is 11.4 Å². The molecule has 0 bridgehead atoms. The Morgan fingerprint density at radius 2 is 2.23 bits per heavy atom. The Morgan fingerprint density at radius 3 is 3.05 bits per heavy atom. The van der Waals surface area contributed by atoms with E-state index in [1.54, 1.807) is 29.1 Å². The summed E-state index contributed by atoms with van der Waals surface area (Å²) in [5, 5.41) is 7.12. The zero-order valence-corrected chi connectivity index (χ0v) is 13.0. The highest BCUT2D eigenvalue weighted by atomic mass is 16.2. The zero-order chi connectivity index (χ0) is 15.7. The summed E-state index contributed by atoms with van der Waals surface area (Å²) in [6, 6.07) is 3.71. The van der Waals surface area contributed by atoms with Gasteiger partial charge in [0.2, 0.25) is 5.91 Å². The molecule has 118 valence electrons. The van der Waals surface area contributed by atoms with Crippen LogP contribution in [0, 0.1) is 11.8 Å². The van der Waals surface area contributed by atoms with E-state index in [0.29, 0.717) is 17.4 Å². The molecule has 1 fully saturated rings. The van der Waals surface area contributed by atoms with E-state index in [9.17, 15) is 9.59 Å². The highest BCUT2D eigenvalue weighted by molar-refractivity contribution is 5.76. The normalized spacial score (nSPS) is 25.3. The molecule has 1 aliphatic carbocycles. The average Bonchev–Trinajstić information content (AvgIpc) is 2.96. The second kappa shape index (κ2) is 5.94. The van der Waals surface area contributed by atoms with Gasteiger partial charge < -0.3 is 9.72 Å². The molecule has 1 saturated carbocycles. The van der Waals surface area contributed by atoms with Crippen LogP contribution in [0.15, 0.2) is 29.5 Å². The number of fused-ring (bicyclic) bond motifs is 1. The molecular weight excluding hydrogens is 280 g/mol. The topological polar surface area (TPSA) is 68.4 Å². The van der Waals surface area contributed by atoms with Gasteiger partial charge in [-0.3, -0.25) is 9.59 Å². The zero-order valence-electron chi connectivity index (χ0n) is 13.0. The number of nitrogens with one attached hydrogen (secondary N) is 1. The molecule has 3 atom stereocenters. The minimum atomic E-state index is -0.243. The summed E-state index contributed by atoms with van der Waals surface area (Å²) in [4.78, 5) is 24.5. The average molecular weight is 302 g/mol. The Bertz CT molecular complexity index is 733. The number of carbonyl (C=O) groups excluding carboxylic acids is 1. The fourth-order valence-corrected chi connectivity index (χ4v) is 3.27. The van der Waals surface area contributed by atoms with E-state index in [4.69, 9.17) is 0 Å². The van der Waals surface area contributed by atoms with Crippen molar-refractivity contribution in [2.24, 2.45) is 11.8 Å². The van der Waals surface area contributed by atoms with Crippen molar-refractivity contribution in [1.82, 2.24) is 19.5 Å². The molecule has 0 aromatic carbocycles. The molecule has 0 radical (unpaired) electrons. The van der Waals surface area contributed by atoms with Crippen molar-refractivity contribution in [3.63, 3.8) is 0 Å². The van der Waals surface area contributed by atoms with Crippen LogP contribution in [0.4, 0.5) is 0 Å². The summed E-state index contributed by atoms with van der Waals surface area (Å²) in [5.41, 5.74) is 0.287. The van der Waals surface area contributed by atoms with Gasteiger partial charge in [0.05, 0.1) is 0 Å². The Kier molecular flexibility index (Phi) is 4.00. The summed E-state index contributed by atoms with van der Waals surface area (Å²) in [5.74, 6) is 0.948. The van der Waals surface area contributed by atoms with Gasteiger partial charge in [-0.15, -0.1) is 0 Å². The molecular formula is C16H22N4O2. The first kappa shape index (κ1) is 14.8. The Balaban J connectivity index is 1.70. The van der Waals surface area contributed by atoms with E-state index in [1.165, 1.54) is 11.1 Å². The van der Waals surface area contributed by atoms with Gasteiger partial charge in [0.15, 0.2) is 0 Å². The predicted octanol–water partition coefficient (Wildman–Crippen LogP) is 1.44. The first-order chi connectivity index (χ1) is 10.6. The molecule has 22 heavy (non-hydrogen) atoms. The lowest BCUT2D eigenvalue weighted by atomic mass is 9.78. The molecule has 0 saturated heterocycles. The number of carbonyl (C=O) groups is 1. The van der Waals surface area contributed by atoms with E-state index < -0.39 is 0 Å². The second-order valence-electron chi connectivity index (χ2n) is 6.34. The van der Waals surface area contributed by atoms with Crippen molar-refractivity contribution in [1.29, 1.82) is 0 Å². The summed E-state index contributed by atoms with van der Waals surface area (Å²) >= 11 is 0. The van der Waals surface area contributed by atoms with Crippen molar-refractivity contribution in [2.45, 2.75) is 45.7 Å². The van der Waals surface area contributed by atoms with E-state index >= 15 is 0 Å². The molecule has 0 unspecified atom stereocenters. The molecule has 1 amide bonds. The van der Waals surface area contributed by atoms with Gasteiger partial charge >= 0.3 is 0 Å². The number of hydrogen-bond acceptors (Lipinski definition) is 3. The molecule has 2 aromatic rings. The lowest BCUT2D eigenvalue weighted by molar-refractivity contribution is -0.123. The maximum absolute atomic E-state index is 12.2. The van der Waals surface area contributed by atoms with E-state index in [0.717, 1.165) is 12.8 Å². The fourth-order valence-electron chi connectivity index (χ4n) is 3.27. The highest BCUT2D eigenvalue weighted by Gasteiger charge is 2.28. The van der Waals surface area contributed by atoms with Crippen LogP contribution in [0.5, 0.6) is 0 Å². The van der Waals surface area contributed by atoms with Gasteiger partial charge in [-0.25, -0.2) is 4.68 Å². The summed E-state index contributed by atoms with van der Waals surface area (Å²) in [7, 11) is 0. The van der Waals surface area contributed by atoms with Gasteiger partial charge in [-0.2, -0.15) is 5.10 Å². The minimum Gasteiger partial charge on any atom is -0.351 e. The fraction of sp³-hybridized carbons (Fsp3) is 0.562. The van der Waals surface area contributed by atoms with Gasteiger partial charge in [-0.05, 0) is 30.4 Å². The highest BCUT2D eigenvalue weighted by Crippen LogP contribution is 2.29. The standard InChI is InChI=1S/C16H22N4O2/c1-11-5-3-6-13(12(11)2)18-15(21)9-20-16(22)14-7-4-8-19(14)10-17-20/h4,7-8,10-13H,3,5-6,9H2,1-2H3,(H,18,21)/t11-,12+,13-/m1/s1. The van der Waals surface area contributed by atoms with Crippen LogP contribution in [0.3, 0.4) is 0 Å². The van der Waals surface area contributed by atoms with Crippen LogP contribution in [-0.2, 0) is 11.3 Å². The third kappa shape index (κ3) is 2.77. The first-order valence-corrected chi connectivity index (χ1v) is 7.88. The Labute approximate surface area is 129 Å². The lowest BCUT2D eigenvalue weighted by Gasteiger charge is -2.34. The molecule has 6 nitrogen and oxygen atoms in total. The number of amides is 1. The molecule has 0 aliphatic heterocycles. The molecule has 2 aromatic heterocycles. The second-order valence-corrected chi connectivity index (χ2v) is 6.34. The monoisotopic (exact) mass is 302 g/mol. The molecule has 1 N–H and O–H groups in total. The van der Waals surface area contributed by atoms with Crippen LogP contribution in [-0.4, -0.2) is 26.1 Å². The van der Waals surface area contributed by atoms with Gasteiger partial charge in [0.1, 0.15) is 18.4 Å². The Morgan fingerprint density at radius 1 is 1.41 bits per heavy atom. The van der Waals surface area contributed by atoms with E-state index in [1.807, 2.05) is 0 Å². The number of hydrogen-bond donors (Lipinski definition) is 1. The third-order valence-electron chi connectivity index (χ3n) is 4.89. The van der Waals surface area contributed by atoms with Crippen molar-refractivity contribution in [3.8, 4) is 0 Å². The molecule has 3 rings (SSSR count). The first-order valence-electron chi connectivity index (χ1n) is 7.88. The van der Waals surface area contributed by atoms with Gasteiger partial charge in [0.25, 0.3) is 5.56 Å². The number of rotatable bonds is 3. The lowest BCUT2D eigenvalue weighted by Crippen LogP contribution is -2.45. The van der Waals surface area contributed by atoms with Gasteiger partial charge in [-0.1, -0.05) is 26.7 Å². The molecule has 2 heterocycles. The minimum absolute atomic E-state index is 0.0296.